The molecule has 0 aliphatic heterocycles. The van der Waals surface area contributed by atoms with Gasteiger partial charge in [0.05, 0.1) is 13.1 Å². The normalized spacial score (nSPS) is 10.7. The van der Waals surface area contributed by atoms with Gasteiger partial charge in [-0.1, -0.05) is 32.0 Å². The molecule has 0 unspecified atom stereocenters. The van der Waals surface area contributed by atoms with Crippen LogP contribution in [0.3, 0.4) is 0 Å². The number of urea groups is 1. The van der Waals surface area contributed by atoms with Crippen LogP contribution in [-0.2, 0) is 9.59 Å². The summed E-state index contributed by atoms with van der Waals surface area (Å²) in [6.45, 7) is 8.28. The van der Waals surface area contributed by atoms with Gasteiger partial charge >= 0.3 is 6.03 Å². The summed E-state index contributed by atoms with van der Waals surface area (Å²) in [5.41, 5.74) is 2.75. The first-order valence-electron chi connectivity index (χ1n) is 8.31. The first-order chi connectivity index (χ1) is 11.7. The van der Waals surface area contributed by atoms with Gasteiger partial charge < -0.3 is 10.6 Å². The van der Waals surface area contributed by atoms with E-state index in [0.29, 0.717) is 12.5 Å². The maximum Gasteiger partial charge on any atom is 0.321 e. The van der Waals surface area contributed by atoms with Gasteiger partial charge in [-0.05, 0) is 37.9 Å². The fourth-order valence-electron chi connectivity index (χ4n) is 2.24. The van der Waals surface area contributed by atoms with Gasteiger partial charge in [0.15, 0.2) is 0 Å². The van der Waals surface area contributed by atoms with Crippen molar-refractivity contribution >= 4 is 23.5 Å². The summed E-state index contributed by atoms with van der Waals surface area (Å²) in [5.74, 6) is -0.363. The van der Waals surface area contributed by atoms with Crippen LogP contribution in [0.1, 0.15) is 25.0 Å². The first-order valence-corrected chi connectivity index (χ1v) is 8.31. The molecule has 0 radical (unpaired) electrons. The number of hydrogen-bond acceptors (Lipinski definition) is 4. The summed E-state index contributed by atoms with van der Waals surface area (Å²) in [6, 6.07) is 5.26. The van der Waals surface area contributed by atoms with Crippen molar-refractivity contribution in [1.29, 1.82) is 0 Å². The maximum atomic E-state index is 12.1. The Morgan fingerprint density at radius 2 is 1.60 bits per heavy atom. The van der Waals surface area contributed by atoms with Crippen molar-refractivity contribution in [3.63, 3.8) is 0 Å². The van der Waals surface area contributed by atoms with Crippen molar-refractivity contribution in [2.24, 2.45) is 5.92 Å². The summed E-state index contributed by atoms with van der Waals surface area (Å²) >= 11 is 0. The molecule has 1 rings (SSSR count). The molecule has 25 heavy (non-hydrogen) atoms. The van der Waals surface area contributed by atoms with Gasteiger partial charge in [0.25, 0.3) is 0 Å². The van der Waals surface area contributed by atoms with Crippen LogP contribution in [0.4, 0.5) is 10.5 Å². The predicted molar refractivity (Wildman–Crippen MR) is 98.4 cm³/mol. The molecule has 7 nitrogen and oxygen atoms in total. The smallest absolute Gasteiger partial charge is 0.321 e. The molecule has 0 aliphatic carbocycles. The summed E-state index contributed by atoms with van der Waals surface area (Å²) in [6.07, 6.45) is 0. The molecule has 4 amide bonds. The van der Waals surface area contributed by atoms with E-state index in [4.69, 9.17) is 0 Å². The third-order valence-electron chi connectivity index (χ3n) is 3.50. The lowest BCUT2D eigenvalue weighted by molar-refractivity contribution is -0.122. The lowest BCUT2D eigenvalue weighted by Gasteiger charge is -2.17. The van der Waals surface area contributed by atoms with E-state index >= 15 is 0 Å². The second-order valence-electron chi connectivity index (χ2n) is 6.64. The predicted octanol–water partition coefficient (Wildman–Crippen LogP) is 1.66. The molecule has 7 heteroatoms. The number of para-hydroxylation sites is 1. The monoisotopic (exact) mass is 348 g/mol. The van der Waals surface area contributed by atoms with Crippen molar-refractivity contribution in [3.8, 4) is 0 Å². The molecule has 138 valence electrons. The van der Waals surface area contributed by atoms with Crippen LogP contribution >= 0.6 is 0 Å². The van der Waals surface area contributed by atoms with Crippen molar-refractivity contribution in [2.45, 2.75) is 27.7 Å². The van der Waals surface area contributed by atoms with Crippen LogP contribution in [-0.4, -0.2) is 49.4 Å². The van der Waals surface area contributed by atoms with Crippen LogP contribution in [0, 0.1) is 19.8 Å². The standard InChI is InChI=1S/C18H28N4O3/c1-12(2)9-19-18(25)21-16(24)11-22(5)10-15(23)20-17-13(3)7-6-8-14(17)4/h6-8,12H,9-11H2,1-5H3,(H,20,23)(H2,19,21,24,25). The van der Waals surface area contributed by atoms with Gasteiger partial charge in [-0.15, -0.1) is 0 Å². The van der Waals surface area contributed by atoms with Crippen LogP contribution in [0.2, 0.25) is 0 Å². The Morgan fingerprint density at radius 3 is 2.16 bits per heavy atom. The fourth-order valence-corrected chi connectivity index (χ4v) is 2.24. The van der Waals surface area contributed by atoms with E-state index in [0.717, 1.165) is 16.8 Å². The number of imide groups is 1. The van der Waals surface area contributed by atoms with Gasteiger partial charge in [-0.2, -0.15) is 0 Å². The van der Waals surface area contributed by atoms with E-state index in [1.807, 2.05) is 45.9 Å². The highest BCUT2D eigenvalue weighted by Gasteiger charge is 2.14. The molecule has 0 saturated carbocycles. The maximum absolute atomic E-state index is 12.1. The molecule has 0 aromatic heterocycles. The SMILES string of the molecule is Cc1cccc(C)c1NC(=O)CN(C)CC(=O)NC(=O)NCC(C)C. The molecule has 0 bridgehead atoms. The molecule has 0 heterocycles. The fraction of sp³-hybridized carbons (Fsp3) is 0.500. The first kappa shape index (κ1) is 20.6. The number of likely N-dealkylation sites (N-methyl/N-ethyl adjacent to an activating group) is 1. The van der Waals surface area contributed by atoms with E-state index in [2.05, 4.69) is 16.0 Å². The van der Waals surface area contributed by atoms with Crippen LogP contribution in [0.5, 0.6) is 0 Å². The van der Waals surface area contributed by atoms with E-state index < -0.39 is 11.9 Å². The average molecular weight is 348 g/mol. The Balaban J connectivity index is 2.42. The minimum atomic E-state index is -0.521. The highest BCUT2D eigenvalue weighted by Crippen LogP contribution is 2.19. The Bertz CT molecular complexity index is 608. The second-order valence-corrected chi connectivity index (χ2v) is 6.64. The van der Waals surface area contributed by atoms with Crippen LogP contribution < -0.4 is 16.0 Å². The Kier molecular flexibility index (Phi) is 8.07. The summed E-state index contributed by atoms with van der Waals surface area (Å²) < 4.78 is 0. The number of benzene rings is 1. The lowest BCUT2D eigenvalue weighted by atomic mass is 10.1. The number of hydrogen-bond donors (Lipinski definition) is 3. The quantitative estimate of drug-likeness (QED) is 0.699. The zero-order chi connectivity index (χ0) is 19.0. The minimum Gasteiger partial charge on any atom is -0.338 e. The number of amides is 4. The van der Waals surface area contributed by atoms with E-state index in [9.17, 15) is 14.4 Å². The van der Waals surface area contributed by atoms with E-state index in [1.54, 1.807) is 11.9 Å². The van der Waals surface area contributed by atoms with Crippen molar-refractivity contribution in [1.82, 2.24) is 15.5 Å². The molecule has 0 fully saturated rings. The number of anilines is 1. The van der Waals surface area contributed by atoms with Crippen molar-refractivity contribution < 1.29 is 14.4 Å². The number of nitrogens with zero attached hydrogens (tertiary/aromatic N) is 1. The van der Waals surface area contributed by atoms with Gasteiger partial charge in [0, 0.05) is 12.2 Å². The molecular weight excluding hydrogens is 320 g/mol. The second kappa shape index (κ2) is 9.78. The average Bonchev–Trinajstić information content (AvgIpc) is 2.48. The number of nitrogens with one attached hydrogen (secondary N) is 3. The highest BCUT2D eigenvalue weighted by atomic mass is 16.2. The lowest BCUT2D eigenvalue weighted by Crippen LogP contribution is -2.45. The highest BCUT2D eigenvalue weighted by molar-refractivity contribution is 5.96. The van der Waals surface area contributed by atoms with Gasteiger partial charge in [-0.25, -0.2) is 4.79 Å². The number of carbonyl (C=O) groups is 3. The van der Waals surface area contributed by atoms with Gasteiger partial charge in [0.1, 0.15) is 0 Å². The molecule has 0 spiro atoms. The van der Waals surface area contributed by atoms with Gasteiger partial charge in [0.2, 0.25) is 11.8 Å². The van der Waals surface area contributed by atoms with E-state index in [1.165, 1.54) is 0 Å². The number of carbonyl (C=O) groups excluding carboxylic acids is 3. The van der Waals surface area contributed by atoms with Gasteiger partial charge in [-0.3, -0.25) is 19.8 Å². The molecular formula is C18H28N4O3. The van der Waals surface area contributed by atoms with E-state index in [-0.39, 0.29) is 19.0 Å². The molecule has 0 saturated heterocycles. The third-order valence-corrected chi connectivity index (χ3v) is 3.50. The summed E-state index contributed by atoms with van der Waals surface area (Å²) in [4.78, 5) is 37.0. The number of rotatable bonds is 7. The molecule has 0 atom stereocenters. The Hall–Kier alpha value is -2.41. The van der Waals surface area contributed by atoms with Crippen molar-refractivity contribution in [3.05, 3.63) is 29.3 Å². The third kappa shape index (κ3) is 7.80. The molecule has 0 aliphatic rings. The molecule has 1 aromatic rings. The van der Waals surface area contributed by atoms with Crippen molar-refractivity contribution in [2.75, 3.05) is 32.0 Å². The minimum absolute atomic E-state index is 0.0464. The molecule has 3 N–H and O–H groups in total. The zero-order valence-corrected chi connectivity index (χ0v) is 15.6. The largest absolute Gasteiger partial charge is 0.338 e. The summed E-state index contributed by atoms with van der Waals surface area (Å²) in [7, 11) is 1.65. The van der Waals surface area contributed by atoms with Crippen LogP contribution in [0.25, 0.3) is 0 Å². The zero-order valence-electron chi connectivity index (χ0n) is 15.6. The molecule has 1 aromatic carbocycles. The topological polar surface area (TPSA) is 90.5 Å². The summed E-state index contributed by atoms with van der Waals surface area (Å²) in [5, 5.41) is 7.71. The Labute approximate surface area is 149 Å². The van der Waals surface area contributed by atoms with Crippen LogP contribution in [0.15, 0.2) is 18.2 Å². The Morgan fingerprint density at radius 1 is 1.04 bits per heavy atom. The number of aryl methyl sites for hydroxylation is 2.